The number of hydrogen-bond acceptors (Lipinski definition) is 8. The molecule has 10 heteroatoms. The molecule has 0 saturated carbocycles. The van der Waals surface area contributed by atoms with Crippen LogP contribution in [0.1, 0.15) is 54.7 Å². The first-order valence-electron chi connectivity index (χ1n) is 15.1. The minimum absolute atomic E-state index is 0. The number of likely N-dealkylation sites (tertiary alicyclic amines) is 1. The highest BCUT2D eigenvalue weighted by molar-refractivity contribution is 5.85. The molecule has 0 aliphatic carbocycles. The molecule has 4 aromatic rings. The van der Waals surface area contributed by atoms with Crippen LogP contribution in [0.5, 0.6) is 5.75 Å². The van der Waals surface area contributed by atoms with Crippen LogP contribution in [0.4, 0.5) is 0 Å². The summed E-state index contributed by atoms with van der Waals surface area (Å²) in [5.41, 5.74) is 4.23. The van der Waals surface area contributed by atoms with Crippen molar-refractivity contribution in [1.82, 2.24) is 20.0 Å². The Morgan fingerprint density at radius 3 is 2.50 bits per heavy atom. The number of ether oxygens (including phenoxy) is 2. The predicted octanol–water partition coefficient (Wildman–Crippen LogP) is 6.15. The zero-order valence-electron chi connectivity index (χ0n) is 24.8. The third-order valence-corrected chi connectivity index (χ3v) is 8.60. The van der Waals surface area contributed by atoms with Gasteiger partial charge in [0, 0.05) is 57.0 Å². The second-order valence-corrected chi connectivity index (χ2v) is 11.8. The van der Waals surface area contributed by atoms with Crippen LogP contribution in [0.2, 0.25) is 0 Å². The van der Waals surface area contributed by atoms with Crippen LogP contribution < -0.4 is 4.74 Å². The molecular formula is C34H39ClN4O5. The van der Waals surface area contributed by atoms with Crippen molar-refractivity contribution in [3.05, 3.63) is 95.6 Å². The average molecular weight is 619 g/mol. The van der Waals surface area contributed by atoms with E-state index >= 15 is 0 Å². The van der Waals surface area contributed by atoms with Crippen LogP contribution in [0.25, 0.3) is 11.4 Å². The molecule has 44 heavy (non-hydrogen) atoms. The van der Waals surface area contributed by atoms with E-state index in [1.54, 1.807) is 12.4 Å². The monoisotopic (exact) mass is 618 g/mol. The molecule has 0 amide bonds. The van der Waals surface area contributed by atoms with Gasteiger partial charge in [0.25, 0.3) is 0 Å². The van der Waals surface area contributed by atoms with Gasteiger partial charge in [0.1, 0.15) is 12.4 Å². The smallest absolute Gasteiger partial charge is 0.303 e. The number of carboxylic acids is 1. The molecule has 4 heterocycles. The number of aromatic nitrogens is 3. The van der Waals surface area contributed by atoms with E-state index in [9.17, 15) is 4.79 Å². The molecule has 0 bridgehead atoms. The molecular weight excluding hydrogens is 580 g/mol. The Kier molecular flexibility index (Phi) is 10.6. The normalized spacial score (nSPS) is 18.0. The van der Waals surface area contributed by atoms with E-state index in [1.807, 2.05) is 36.4 Å². The molecule has 1 N–H and O–H groups in total. The number of piperidine rings is 1. The Morgan fingerprint density at radius 2 is 1.77 bits per heavy atom. The van der Waals surface area contributed by atoms with Gasteiger partial charge < -0.3 is 19.1 Å². The molecule has 2 aliphatic heterocycles. The molecule has 2 fully saturated rings. The number of aryl methyl sites for hydroxylation is 1. The first-order valence-corrected chi connectivity index (χ1v) is 15.1. The molecule has 0 radical (unpaired) electrons. The van der Waals surface area contributed by atoms with E-state index in [-0.39, 0.29) is 24.4 Å². The summed E-state index contributed by atoms with van der Waals surface area (Å²) in [5, 5.41) is 13.0. The average Bonchev–Trinajstić information content (AvgIpc) is 3.50. The van der Waals surface area contributed by atoms with Crippen molar-refractivity contribution in [2.75, 3.05) is 19.7 Å². The van der Waals surface area contributed by atoms with E-state index in [4.69, 9.17) is 19.1 Å². The van der Waals surface area contributed by atoms with Gasteiger partial charge in [0.15, 0.2) is 0 Å². The van der Waals surface area contributed by atoms with Crippen LogP contribution in [0.3, 0.4) is 0 Å². The van der Waals surface area contributed by atoms with E-state index in [0.29, 0.717) is 30.7 Å². The largest absolute Gasteiger partial charge is 0.489 e. The summed E-state index contributed by atoms with van der Waals surface area (Å²) in [4.78, 5) is 22.0. The highest BCUT2D eigenvalue weighted by Crippen LogP contribution is 2.39. The summed E-state index contributed by atoms with van der Waals surface area (Å²) in [6.07, 6.45) is 9.07. The van der Waals surface area contributed by atoms with Gasteiger partial charge in [0.2, 0.25) is 11.7 Å². The molecule has 2 aromatic heterocycles. The van der Waals surface area contributed by atoms with E-state index in [0.717, 1.165) is 80.8 Å². The summed E-state index contributed by atoms with van der Waals surface area (Å²) in [5.74, 6) is 1.77. The van der Waals surface area contributed by atoms with Gasteiger partial charge in [-0.25, -0.2) is 0 Å². The Labute approximate surface area is 264 Å². The molecule has 2 aromatic carbocycles. The molecule has 9 nitrogen and oxygen atoms in total. The number of pyridine rings is 1. The number of aliphatic carboxylic acids is 1. The van der Waals surface area contributed by atoms with Crippen LogP contribution in [0, 0.1) is 5.92 Å². The minimum atomic E-state index is -0.783. The van der Waals surface area contributed by atoms with Crippen LogP contribution in [0.15, 0.2) is 77.6 Å². The Bertz CT molecular complexity index is 1470. The molecule has 1 unspecified atom stereocenters. The van der Waals surface area contributed by atoms with Gasteiger partial charge in [-0.1, -0.05) is 41.6 Å². The van der Waals surface area contributed by atoms with E-state index in [2.05, 4.69) is 44.3 Å². The van der Waals surface area contributed by atoms with Crippen molar-refractivity contribution in [3.8, 4) is 17.1 Å². The first-order chi connectivity index (χ1) is 21.0. The van der Waals surface area contributed by atoms with Crippen molar-refractivity contribution < 1.29 is 23.9 Å². The highest BCUT2D eigenvalue weighted by Gasteiger charge is 2.40. The predicted molar refractivity (Wildman–Crippen MR) is 168 cm³/mol. The number of halogens is 1. The van der Waals surface area contributed by atoms with Crippen molar-refractivity contribution in [2.45, 2.75) is 63.7 Å². The Morgan fingerprint density at radius 1 is 1.02 bits per heavy atom. The molecule has 232 valence electrons. The molecule has 2 aliphatic rings. The maximum atomic E-state index is 10.8. The lowest BCUT2D eigenvalue weighted by Gasteiger charge is -2.46. The van der Waals surface area contributed by atoms with Crippen LogP contribution in [-0.4, -0.2) is 56.4 Å². The lowest BCUT2D eigenvalue weighted by Crippen LogP contribution is -2.49. The van der Waals surface area contributed by atoms with Crippen molar-refractivity contribution in [3.63, 3.8) is 0 Å². The van der Waals surface area contributed by atoms with Gasteiger partial charge in [-0.3, -0.25) is 14.7 Å². The summed E-state index contributed by atoms with van der Waals surface area (Å²) in [6, 6.07) is 20.1. The molecule has 1 spiro atoms. The van der Waals surface area contributed by atoms with Crippen LogP contribution >= 0.6 is 12.4 Å². The minimum Gasteiger partial charge on any atom is -0.489 e. The number of benzene rings is 2. The number of rotatable bonds is 11. The Hall–Kier alpha value is -3.79. The molecule has 1 atom stereocenters. The zero-order valence-corrected chi connectivity index (χ0v) is 25.6. The SMILES string of the molecule is Cl.O=C(O)CCc1ccc(OCc2ccc(CN3CCC4(CC3)CC(Cc3nc(-c5cccnc5)no3)CCO4)cc2)cc1. The topological polar surface area (TPSA) is 111 Å². The van der Waals surface area contributed by atoms with Gasteiger partial charge in [-0.15, -0.1) is 12.4 Å². The quantitative estimate of drug-likeness (QED) is 0.211. The second kappa shape index (κ2) is 14.8. The first kappa shape index (κ1) is 31.6. The summed E-state index contributed by atoms with van der Waals surface area (Å²) >= 11 is 0. The van der Waals surface area contributed by atoms with Crippen molar-refractivity contribution >= 4 is 18.4 Å². The van der Waals surface area contributed by atoms with Gasteiger partial charge in [-0.2, -0.15) is 4.98 Å². The third-order valence-electron chi connectivity index (χ3n) is 8.60. The molecule has 6 rings (SSSR count). The number of hydrogen-bond donors (Lipinski definition) is 1. The van der Waals surface area contributed by atoms with E-state index < -0.39 is 5.97 Å². The third kappa shape index (κ3) is 8.43. The fourth-order valence-electron chi connectivity index (χ4n) is 6.14. The molecule has 2 saturated heterocycles. The summed E-state index contributed by atoms with van der Waals surface area (Å²) in [6.45, 7) is 4.25. The summed E-state index contributed by atoms with van der Waals surface area (Å²) in [7, 11) is 0. The lowest BCUT2D eigenvalue weighted by molar-refractivity contribution is -0.137. The van der Waals surface area contributed by atoms with Crippen molar-refractivity contribution in [2.24, 2.45) is 5.92 Å². The number of carboxylic acid groups (broad SMARTS) is 1. The van der Waals surface area contributed by atoms with Gasteiger partial charge in [0.05, 0.1) is 5.60 Å². The second-order valence-electron chi connectivity index (χ2n) is 11.8. The summed E-state index contributed by atoms with van der Waals surface area (Å²) < 4.78 is 17.9. The number of nitrogens with zero attached hydrogens (tertiary/aromatic N) is 4. The Balaban J connectivity index is 0.00000384. The maximum Gasteiger partial charge on any atom is 0.303 e. The zero-order chi connectivity index (χ0) is 29.5. The van der Waals surface area contributed by atoms with Gasteiger partial charge in [-0.05, 0) is 79.0 Å². The fraction of sp³-hybridized carbons (Fsp3) is 0.412. The number of carbonyl (C=O) groups is 1. The lowest BCUT2D eigenvalue weighted by atomic mass is 9.78. The van der Waals surface area contributed by atoms with Crippen molar-refractivity contribution in [1.29, 1.82) is 0 Å². The van der Waals surface area contributed by atoms with Gasteiger partial charge >= 0.3 is 5.97 Å². The fourth-order valence-corrected chi connectivity index (χ4v) is 6.14. The van der Waals surface area contributed by atoms with Crippen LogP contribution in [-0.2, 0) is 35.5 Å². The standard InChI is InChI=1S/C34H38N4O5.ClH/c39-32(40)12-9-25-7-10-30(11-8-25)41-24-27-5-3-26(4-6-27)23-38-17-14-34(15-18-38)21-28(13-19-42-34)20-31-36-33(37-43-31)29-2-1-16-35-22-29;/h1-8,10-11,16,22,28H,9,12-15,17-21,23-24H2,(H,39,40);1H. The highest BCUT2D eigenvalue weighted by atomic mass is 35.5. The maximum absolute atomic E-state index is 10.8. The van der Waals surface area contributed by atoms with E-state index in [1.165, 1.54) is 5.56 Å².